The van der Waals surface area contributed by atoms with Crippen LogP contribution in [0.5, 0.6) is 17.2 Å². The average Bonchev–Trinajstić information content (AvgIpc) is 3.32. The lowest BCUT2D eigenvalue weighted by Crippen LogP contribution is -2.38. The summed E-state index contributed by atoms with van der Waals surface area (Å²) in [7, 11) is -4.02. The van der Waals surface area contributed by atoms with Gasteiger partial charge in [-0.15, -0.1) is 0 Å². The van der Waals surface area contributed by atoms with Crippen molar-refractivity contribution in [3.05, 3.63) is 83.7 Å². The Morgan fingerprint density at radius 3 is 2.46 bits per heavy atom. The van der Waals surface area contributed by atoms with Gasteiger partial charge in [0.1, 0.15) is 11.6 Å². The standard InChI is InChI=1S/C19H20FNO3.C7H8O3S/c20-15-3-1-13(2-4-15)17-7-8-21-10-14(17)11-22-16-5-6-18-19(9-16)24-12-23-18;1-6-2-4-7(5-3-6)11(8,9)10/h1-6,9,14,17,21H,7-8,10-12H2;2-5H,1H3,(H,8,9,10)/t14-,17-;/m0./s1. The first-order valence-electron chi connectivity index (χ1n) is 11.3. The Kier molecular flexibility index (Phi) is 7.90. The summed E-state index contributed by atoms with van der Waals surface area (Å²) in [5.41, 5.74) is 2.13. The van der Waals surface area contributed by atoms with E-state index in [-0.39, 0.29) is 17.5 Å². The van der Waals surface area contributed by atoms with E-state index >= 15 is 0 Å². The predicted octanol–water partition coefficient (Wildman–Crippen LogP) is 4.57. The molecule has 0 radical (unpaired) electrons. The van der Waals surface area contributed by atoms with E-state index in [0.29, 0.717) is 18.4 Å². The quantitative estimate of drug-likeness (QED) is 0.495. The summed E-state index contributed by atoms with van der Waals surface area (Å²) >= 11 is 0. The maximum Gasteiger partial charge on any atom is 0.294 e. The number of hydrogen-bond acceptors (Lipinski definition) is 6. The van der Waals surface area contributed by atoms with Crippen molar-refractivity contribution in [2.75, 3.05) is 26.5 Å². The van der Waals surface area contributed by atoms with Gasteiger partial charge in [0, 0.05) is 18.5 Å². The van der Waals surface area contributed by atoms with Crippen LogP contribution in [0.2, 0.25) is 0 Å². The van der Waals surface area contributed by atoms with E-state index in [1.54, 1.807) is 12.1 Å². The van der Waals surface area contributed by atoms with Crippen molar-refractivity contribution in [2.24, 2.45) is 5.92 Å². The molecule has 2 N–H and O–H groups in total. The summed E-state index contributed by atoms with van der Waals surface area (Å²) in [4.78, 5) is -0.0666. The fourth-order valence-corrected chi connectivity index (χ4v) is 4.61. The highest BCUT2D eigenvalue weighted by Crippen LogP contribution is 2.36. The van der Waals surface area contributed by atoms with Crippen molar-refractivity contribution < 1.29 is 31.6 Å². The number of nitrogens with one attached hydrogen (secondary N) is 1. The molecule has 0 saturated carbocycles. The summed E-state index contributed by atoms with van der Waals surface area (Å²) in [5, 5.41) is 3.43. The number of aryl methyl sites for hydroxylation is 1. The van der Waals surface area contributed by atoms with E-state index < -0.39 is 10.1 Å². The van der Waals surface area contributed by atoms with E-state index in [4.69, 9.17) is 18.8 Å². The summed E-state index contributed by atoms with van der Waals surface area (Å²) in [6.07, 6.45) is 1.03. The smallest absolute Gasteiger partial charge is 0.294 e. The highest BCUT2D eigenvalue weighted by molar-refractivity contribution is 7.85. The molecule has 3 aromatic carbocycles. The third-order valence-corrected chi connectivity index (χ3v) is 6.90. The molecule has 2 aliphatic rings. The van der Waals surface area contributed by atoms with Gasteiger partial charge in [-0.2, -0.15) is 8.42 Å². The largest absolute Gasteiger partial charge is 0.493 e. The molecule has 2 atom stereocenters. The van der Waals surface area contributed by atoms with Crippen LogP contribution in [0, 0.1) is 18.7 Å². The van der Waals surface area contributed by atoms with Crippen LogP contribution in [0.1, 0.15) is 23.5 Å². The molecule has 35 heavy (non-hydrogen) atoms. The Labute approximate surface area is 204 Å². The molecule has 3 aromatic rings. The molecule has 9 heteroatoms. The second-order valence-electron chi connectivity index (χ2n) is 8.53. The molecule has 186 valence electrons. The highest BCUT2D eigenvalue weighted by Gasteiger charge is 2.27. The number of halogens is 1. The van der Waals surface area contributed by atoms with Crippen LogP contribution in [0.25, 0.3) is 0 Å². The van der Waals surface area contributed by atoms with E-state index in [1.807, 2.05) is 37.3 Å². The van der Waals surface area contributed by atoms with Gasteiger partial charge in [-0.25, -0.2) is 4.39 Å². The number of piperidine rings is 1. The maximum absolute atomic E-state index is 13.2. The van der Waals surface area contributed by atoms with Crippen molar-refractivity contribution in [2.45, 2.75) is 24.2 Å². The van der Waals surface area contributed by atoms with Crippen molar-refractivity contribution in [3.63, 3.8) is 0 Å². The Hall–Kier alpha value is -3.14. The van der Waals surface area contributed by atoms with Crippen LogP contribution >= 0.6 is 0 Å². The van der Waals surface area contributed by atoms with E-state index in [0.717, 1.165) is 42.3 Å². The normalized spacial score (nSPS) is 18.9. The molecular weight excluding hydrogens is 473 g/mol. The molecule has 2 aliphatic heterocycles. The minimum absolute atomic E-state index is 0.0666. The zero-order valence-electron chi connectivity index (χ0n) is 19.3. The lowest BCUT2D eigenvalue weighted by molar-refractivity contribution is 0.173. The molecule has 0 bridgehead atoms. The zero-order chi connectivity index (χ0) is 24.8. The first-order chi connectivity index (χ1) is 16.8. The third-order valence-electron chi connectivity index (χ3n) is 6.03. The molecule has 0 spiro atoms. The molecule has 5 rings (SSSR count). The van der Waals surface area contributed by atoms with Crippen molar-refractivity contribution in [1.29, 1.82) is 0 Å². The monoisotopic (exact) mass is 501 g/mol. The second-order valence-corrected chi connectivity index (χ2v) is 9.95. The van der Waals surface area contributed by atoms with Gasteiger partial charge in [-0.3, -0.25) is 4.55 Å². The van der Waals surface area contributed by atoms with Crippen molar-refractivity contribution in [1.82, 2.24) is 5.32 Å². The summed E-state index contributed by atoms with van der Waals surface area (Å²) in [6.45, 7) is 4.58. The number of ether oxygens (including phenoxy) is 3. The Bertz CT molecular complexity index is 1230. The van der Waals surface area contributed by atoms with Gasteiger partial charge >= 0.3 is 0 Å². The number of rotatable bonds is 5. The average molecular weight is 502 g/mol. The minimum Gasteiger partial charge on any atom is -0.493 e. The highest BCUT2D eigenvalue weighted by atomic mass is 32.2. The van der Waals surface area contributed by atoms with Gasteiger partial charge in [0.2, 0.25) is 6.79 Å². The maximum atomic E-state index is 13.2. The van der Waals surface area contributed by atoms with Crippen LogP contribution in [0.4, 0.5) is 4.39 Å². The van der Waals surface area contributed by atoms with E-state index in [1.165, 1.54) is 29.8 Å². The van der Waals surface area contributed by atoms with E-state index in [2.05, 4.69) is 5.32 Å². The van der Waals surface area contributed by atoms with Gasteiger partial charge in [0.05, 0.1) is 11.5 Å². The van der Waals surface area contributed by atoms with Crippen LogP contribution in [-0.4, -0.2) is 39.5 Å². The Morgan fingerprint density at radius 2 is 1.74 bits per heavy atom. The third kappa shape index (κ3) is 6.72. The van der Waals surface area contributed by atoms with Crippen LogP contribution in [-0.2, 0) is 10.1 Å². The first kappa shape index (κ1) is 25.0. The van der Waals surface area contributed by atoms with Gasteiger partial charge in [-0.05, 0) is 67.8 Å². The lowest BCUT2D eigenvalue weighted by atomic mass is 9.81. The fraction of sp³-hybridized carbons (Fsp3) is 0.308. The van der Waals surface area contributed by atoms with Crippen molar-refractivity contribution in [3.8, 4) is 17.2 Å². The fourth-order valence-electron chi connectivity index (χ4n) is 4.13. The number of fused-ring (bicyclic) bond motifs is 1. The minimum atomic E-state index is -4.02. The Balaban J connectivity index is 0.000000221. The molecule has 0 aromatic heterocycles. The predicted molar refractivity (Wildman–Crippen MR) is 129 cm³/mol. The van der Waals surface area contributed by atoms with Gasteiger partial charge in [-0.1, -0.05) is 29.8 Å². The van der Waals surface area contributed by atoms with Crippen LogP contribution in [0.3, 0.4) is 0 Å². The van der Waals surface area contributed by atoms with Crippen molar-refractivity contribution >= 4 is 10.1 Å². The number of hydrogen-bond donors (Lipinski definition) is 2. The molecule has 2 heterocycles. The lowest BCUT2D eigenvalue weighted by Gasteiger charge is -2.32. The summed E-state index contributed by atoms with van der Waals surface area (Å²) < 4.78 is 59.4. The van der Waals surface area contributed by atoms with Crippen LogP contribution < -0.4 is 19.5 Å². The topological polar surface area (TPSA) is 94.1 Å². The van der Waals surface area contributed by atoms with E-state index in [9.17, 15) is 12.8 Å². The second kappa shape index (κ2) is 11.1. The van der Waals surface area contributed by atoms with Gasteiger partial charge in [0.25, 0.3) is 10.1 Å². The van der Waals surface area contributed by atoms with Crippen LogP contribution in [0.15, 0.2) is 71.6 Å². The molecule has 1 fully saturated rings. The van der Waals surface area contributed by atoms with Gasteiger partial charge < -0.3 is 19.5 Å². The first-order valence-corrected chi connectivity index (χ1v) is 12.8. The SMILES string of the molecule is Cc1ccc(S(=O)(=O)O)cc1.Fc1ccc([C@@H]2CCNC[C@H]2COc2ccc3c(c2)OCO3)cc1. The molecule has 0 aliphatic carbocycles. The van der Waals surface area contributed by atoms with Gasteiger partial charge in [0.15, 0.2) is 11.5 Å². The molecule has 7 nitrogen and oxygen atoms in total. The molecule has 0 amide bonds. The Morgan fingerprint density at radius 1 is 1.03 bits per heavy atom. The summed E-state index contributed by atoms with van der Waals surface area (Å²) in [6, 6.07) is 18.5. The zero-order valence-corrected chi connectivity index (χ0v) is 20.1. The molecule has 0 unspecified atom stereocenters. The molecular formula is C26H28FNO6S. The molecule has 1 saturated heterocycles. The number of benzene rings is 3. The summed E-state index contributed by atoms with van der Waals surface area (Å²) in [5.74, 6) is 2.79.